The predicted octanol–water partition coefficient (Wildman–Crippen LogP) is 2.86. The number of carbonyl (C=O) groups excluding carboxylic acids is 1. The molecular weight excluding hydrogens is 280 g/mol. The number of piperidine rings is 1. The first-order valence-electron chi connectivity index (χ1n) is 6.70. The Kier molecular flexibility index (Phi) is 6.30. The van der Waals surface area contributed by atoms with Crippen molar-refractivity contribution >= 4 is 29.7 Å². The summed E-state index contributed by atoms with van der Waals surface area (Å²) in [6, 6.07) is 2.44. The monoisotopic (exact) mass is 302 g/mol. The molecule has 0 saturated carbocycles. The SMILES string of the molecule is CCc1sc(C(=O)N(C)C2CCNCC2)cc1C.Cl. The molecule has 0 aromatic carbocycles. The summed E-state index contributed by atoms with van der Waals surface area (Å²) in [6.07, 6.45) is 3.14. The van der Waals surface area contributed by atoms with Crippen LogP contribution in [0, 0.1) is 6.92 Å². The molecule has 5 heteroatoms. The number of aryl methyl sites for hydroxylation is 2. The Morgan fingerprint density at radius 3 is 2.63 bits per heavy atom. The van der Waals surface area contributed by atoms with E-state index in [1.165, 1.54) is 10.4 Å². The van der Waals surface area contributed by atoms with E-state index in [-0.39, 0.29) is 18.3 Å². The minimum absolute atomic E-state index is 0. The average molecular weight is 303 g/mol. The summed E-state index contributed by atoms with van der Waals surface area (Å²) in [5.74, 6) is 0.190. The third-order valence-electron chi connectivity index (χ3n) is 3.73. The van der Waals surface area contributed by atoms with Gasteiger partial charge in [0.2, 0.25) is 0 Å². The zero-order valence-corrected chi connectivity index (χ0v) is 13.5. The molecule has 2 rings (SSSR count). The number of nitrogens with one attached hydrogen (secondary N) is 1. The van der Waals surface area contributed by atoms with E-state index in [9.17, 15) is 4.79 Å². The van der Waals surface area contributed by atoms with E-state index in [2.05, 4.69) is 19.2 Å². The van der Waals surface area contributed by atoms with E-state index in [0.717, 1.165) is 37.2 Å². The van der Waals surface area contributed by atoms with Crippen LogP contribution in [0.4, 0.5) is 0 Å². The summed E-state index contributed by atoms with van der Waals surface area (Å²) >= 11 is 1.65. The van der Waals surface area contributed by atoms with Crippen molar-refractivity contribution in [3.05, 3.63) is 21.4 Å². The Balaban J connectivity index is 0.00000180. The molecule has 1 fully saturated rings. The van der Waals surface area contributed by atoms with Crippen molar-refractivity contribution in [3.63, 3.8) is 0 Å². The van der Waals surface area contributed by atoms with Gasteiger partial charge in [-0.05, 0) is 50.9 Å². The summed E-state index contributed by atoms with van der Waals surface area (Å²) in [5, 5.41) is 3.34. The first kappa shape index (κ1) is 16.5. The lowest BCUT2D eigenvalue weighted by atomic mass is 10.1. The maximum absolute atomic E-state index is 12.4. The van der Waals surface area contributed by atoms with E-state index in [1.807, 2.05) is 18.0 Å². The molecule has 1 aliphatic heterocycles. The molecule has 1 aromatic heterocycles. The van der Waals surface area contributed by atoms with Gasteiger partial charge in [0, 0.05) is 18.0 Å². The molecule has 0 spiro atoms. The van der Waals surface area contributed by atoms with Gasteiger partial charge in [0.05, 0.1) is 4.88 Å². The lowest BCUT2D eigenvalue weighted by Crippen LogP contribution is -2.43. The number of nitrogens with zero attached hydrogens (tertiary/aromatic N) is 1. The number of hydrogen-bond donors (Lipinski definition) is 1. The third kappa shape index (κ3) is 3.71. The Labute approximate surface area is 125 Å². The van der Waals surface area contributed by atoms with Crippen LogP contribution < -0.4 is 5.32 Å². The normalized spacial score (nSPS) is 15.9. The fourth-order valence-corrected chi connectivity index (χ4v) is 3.61. The van der Waals surface area contributed by atoms with E-state index in [0.29, 0.717) is 6.04 Å². The molecule has 3 nitrogen and oxygen atoms in total. The maximum Gasteiger partial charge on any atom is 0.263 e. The van der Waals surface area contributed by atoms with E-state index in [1.54, 1.807) is 11.3 Å². The largest absolute Gasteiger partial charge is 0.338 e. The van der Waals surface area contributed by atoms with Gasteiger partial charge in [-0.1, -0.05) is 6.92 Å². The summed E-state index contributed by atoms with van der Waals surface area (Å²) in [4.78, 5) is 16.6. The lowest BCUT2D eigenvalue weighted by Gasteiger charge is -2.31. The van der Waals surface area contributed by atoms with Gasteiger partial charge in [0.1, 0.15) is 0 Å². The van der Waals surface area contributed by atoms with Crippen molar-refractivity contribution in [3.8, 4) is 0 Å². The Hall–Kier alpha value is -0.580. The van der Waals surface area contributed by atoms with Crippen LogP contribution in [0.3, 0.4) is 0 Å². The van der Waals surface area contributed by atoms with Crippen LogP contribution in [0.25, 0.3) is 0 Å². The molecule has 1 amide bonds. The van der Waals surface area contributed by atoms with Crippen molar-refractivity contribution in [1.29, 1.82) is 0 Å². The Bertz CT molecular complexity index is 427. The number of halogens is 1. The summed E-state index contributed by atoms with van der Waals surface area (Å²) < 4.78 is 0. The number of rotatable bonds is 3. The molecule has 0 bridgehead atoms. The van der Waals surface area contributed by atoms with E-state index < -0.39 is 0 Å². The molecule has 1 aromatic rings. The van der Waals surface area contributed by atoms with Crippen molar-refractivity contribution in [2.75, 3.05) is 20.1 Å². The van der Waals surface area contributed by atoms with Gasteiger partial charge >= 0.3 is 0 Å². The maximum atomic E-state index is 12.4. The summed E-state index contributed by atoms with van der Waals surface area (Å²) in [6.45, 7) is 6.28. The van der Waals surface area contributed by atoms with Gasteiger partial charge in [-0.25, -0.2) is 0 Å². The van der Waals surface area contributed by atoms with Crippen molar-refractivity contribution in [1.82, 2.24) is 10.2 Å². The van der Waals surface area contributed by atoms with Gasteiger partial charge in [-0.3, -0.25) is 4.79 Å². The highest BCUT2D eigenvalue weighted by molar-refractivity contribution is 7.14. The Morgan fingerprint density at radius 2 is 2.11 bits per heavy atom. The fourth-order valence-electron chi connectivity index (χ4n) is 2.51. The third-order valence-corrected chi connectivity index (χ3v) is 5.10. The fraction of sp³-hybridized carbons (Fsp3) is 0.643. The summed E-state index contributed by atoms with van der Waals surface area (Å²) in [5.41, 5.74) is 1.25. The van der Waals surface area contributed by atoms with Gasteiger partial charge in [-0.15, -0.1) is 23.7 Å². The highest BCUT2D eigenvalue weighted by Gasteiger charge is 2.24. The minimum Gasteiger partial charge on any atom is -0.338 e. The second-order valence-corrected chi connectivity index (χ2v) is 6.10. The molecule has 0 atom stereocenters. The quantitative estimate of drug-likeness (QED) is 0.931. The van der Waals surface area contributed by atoms with Crippen LogP contribution in [0.15, 0.2) is 6.07 Å². The molecule has 1 aliphatic rings. The highest BCUT2D eigenvalue weighted by atomic mass is 35.5. The number of thiophene rings is 1. The average Bonchev–Trinajstić information content (AvgIpc) is 2.79. The molecular formula is C14H23ClN2OS. The molecule has 1 N–H and O–H groups in total. The minimum atomic E-state index is 0. The van der Waals surface area contributed by atoms with Gasteiger partial charge in [-0.2, -0.15) is 0 Å². The molecule has 108 valence electrons. The Morgan fingerprint density at radius 1 is 1.47 bits per heavy atom. The van der Waals surface area contributed by atoms with Gasteiger partial charge < -0.3 is 10.2 Å². The van der Waals surface area contributed by atoms with Gasteiger partial charge in [0.25, 0.3) is 5.91 Å². The predicted molar refractivity (Wildman–Crippen MR) is 83.7 cm³/mol. The van der Waals surface area contributed by atoms with Crippen molar-refractivity contribution in [2.24, 2.45) is 0 Å². The molecule has 2 heterocycles. The molecule has 0 radical (unpaired) electrons. The molecule has 0 unspecified atom stereocenters. The first-order chi connectivity index (χ1) is 8.63. The second kappa shape index (κ2) is 7.27. The highest BCUT2D eigenvalue weighted by Crippen LogP contribution is 2.24. The molecule has 19 heavy (non-hydrogen) atoms. The second-order valence-electron chi connectivity index (χ2n) is 4.97. The van der Waals surface area contributed by atoms with Crippen LogP contribution in [0.2, 0.25) is 0 Å². The van der Waals surface area contributed by atoms with Crippen LogP contribution in [0.5, 0.6) is 0 Å². The zero-order valence-electron chi connectivity index (χ0n) is 11.9. The van der Waals surface area contributed by atoms with Crippen LogP contribution in [0.1, 0.15) is 39.9 Å². The number of carbonyl (C=O) groups is 1. The van der Waals surface area contributed by atoms with Crippen molar-refractivity contribution in [2.45, 2.75) is 39.2 Å². The lowest BCUT2D eigenvalue weighted by molar-refractivity contribution is 0.0708. The van der Waals surface area contributed by atoms with E-state index >= 15 is 0 Å². The zero-order chi connectivity index (χ0) is 13.1. The van der Waals surface area contributed by atoms with Crippen molar-refractivity contribution < 1.29 is 4.79 Å². The topological polar surface area (TPSA) is 32.3 Å². The molecule has 1 saturated heterocycles. The van der Waals surface area contributed by atoms with Crippen LogP contribution >= 0.6 is 23.7 Å². The molecule has 0 aliphatic carbocycles. The van der Waals surface area contributed by atoms with Crippen LogP contribution in [-0.4, -0.2) is 37.0 Å². The van der Waals surface area contributed by atoms with E-state index in [4.69, 9.17) is 0 Å². The smallest absolute Gasteiger partial charge is 0.263 e. The first-order valence-corrected chi connectivity index (χ1v) is 7.52. The van der Waals surface area contributed by atoms with Gasteiger partial charge in [0.15, 0.2) is 0 Å². The van der Waals surface area contributed by atoms with Crippen LogP contribution in [-0.2, 0) is 6.42 Å². The summed E-state index contributed by atoms with van der Waals surface area (Å²) in [7, 11) is 1.94. The standard InChI is InChI=1S/C14H22N2OS.ClH/c1-4-12-10(2)9-13(18-12)14(17)16(3)11-5-7-15-8-6-11;/h9,11,15H,4-8H2,1-3H3;1H. The number of amides is 1. The number of hydrogen-bond acceptors (Lipinski definition) is 3.